The Labute approximate surface area is 213 Å². The number of thioether (sulfide) groups is 1. The molecule has 0 amide bonds. The van der Waals surface area contributed by atoms with Crippen LogP contribution in [0.2, 0.25) is 0 Å². The van der Waals surface area contributed by atoms with E-state index in [0.717, 1.165) is 72.8 Å². The highest BCUT2D eigenvalue weighted by atomic mass is 32.2. The van der Waals surface area contributed by atoms with Crippen LogP contribution in [0.3, 0.4) is 0 Å². The molecule has 2 aromatic rings. The molecular weight excluding hydrogens is 460 g/mol. The number of ether oxygens (including phenoxy) is 3. The zero-order valence-corrected chi connectivity index (χ0v) is 22.1. The maximum Gasteiger partial charge on any atom is 0.135 e. The van der Waals surface area contributed by atoms with Gasteiger partial charge in [-0.2, -0.15) is 5.26 Å². The molecule has 188 valence electrons. The molecule has 8 heteroatoms. The summed E-state index contributed by atoms with van der Waals surface area (Å²) in [6.45, 7) is 12.7. The Bertz CT molecular complexity index is 1060. The van der Waals surface area contributed by atoms with E-state index in [0.29, 0.717) is 25.2 Å². The highest BCUT2D eigenvalue weighted by Crippen LogP contribution is 2.38. The van der Waals surface area contributed by atoms with Gasteiger partial charge in [0, 0.05) is 57.6 Å². The molecule has 0 aliphatic carbocycles. The second-order valence-corrected chi connectivity index (χ2v) is 10.8. The number of aryl methyl sites for hydroxylation is 1. The molecule has 1 saturated heterocycles. The molecule has 4 rings (SSSR count). The second-order valence-electron chi connectivity index (χ2n) is 9.74. The van der Waals surface area contributed by atoms with E-state index in [-0.39, 0.29) is 5.60 Å². The summed E-state index contributed by atoms with van der Waals surface area (Å²) < 4.78 is 17.3. The molecule has 2 aliphatic rings. The molecule has 0 N–H and O–H groups in total. The zero-order valence-electron chi connectivity index (χ0n) is 21.3. The van der Waals surface area contributed by atoms with Crippen LogP contribution >= 0.6 is 11.8 Å². The third-order valence-electron chi connectivity index (χ3n) is 6.54. The van der Waals surface area contributed by atoms with Crippen molar-refractivity contribution in [3.05, 3.63) is 46.5 Å². The van der Waals surface area contributed by atoms with Gasteiger partial charge < -0.3 is 19.1 Å². The Balaban J connectivity index is 1.53. The molecule has 0 spiro atoms. The van der Waals surface area contributed by atoms with Crippen LogP contribution in [0.15, 0.2) is 29.3 Å². The molecule has 3 heterocycles. The Hall–Kier alpha value is -2.31. The molecule has 1 fully saturated rings. The fourth-order valence-electron chi connectivity index (χ4n) is 4.61. The number of nitriles is 1. The summed E-state index contributed by atoms with van der Waals surface area (Å²) in [7, 11) is 1.75. The molecule has 7 nitrogen and oxygen atoms in total. The number of anilines is 1. The van der Waals surface area contributed by atoms with Crippen molar-refractivity contribution in [1.82, 2.24) is 9.88 Å². The summed E-state index contributed by atoms with van der Waals surface area (Å²) in [6.07, 6.45) is 0.710. The number of aromatic nitrogens is 1. The van der Waals surface area contributed by atoms with E-state index in [1.54, 1.807) is 18.9 Å². The van der Waals surface area contributed by atoms with Gasteiger partial charge in [0.1, 0.15) is 22.7 Å². The lowest BCUT2D eigenvalue weighted by Gasteiger charge is -2.39. The first kappa shape index (κ1) is 25.8. The van der Waals surface area contributed by atoms with E-state index in [2.05, 4.69) is 42.7 Å². The van der Waals surface area contributed by atoms with Crippen LogP contribution < -0.4 is 9.64 Å². The highest BCUT2D eigenvalue weighted by Gasteiger charge is 2.33. The van der Waals surface area contributed by atoms with E-state index < -0.39 is 0 Å². The zero-order chi connectivity index (χ0) is 24.8. The monoisotopic (exact) mass is 496 g/mol. The first-order valence-electron chi connectivity index (χ1n) is 12.3. The molecule has 35 heavy (non-hydrogen) atoms. The van der Waals surface area contributed by atoms with Gasteiger partial charge >= 0.3 is 0 Å². The summed E-state index contributed by atoms with van der Waals surface area (Å²) in [5.41, 5.74) is 3.74. The molecule has 0 radical (unpaired) electrons. The van der Waals surface area contributed by atoms with Crippen LogP contribution in [0.5, 0.6) is 5.75 Å². The van der Waals surface area contributed by atoms with Crippen LogP contribution in [0, 0.1) is 18.3 Å². The average molecular weight is 497 g/mol. The predicted molar refractivity (Wildman–Crippen MR) is 139 cm³/mol. The molecule has 0 bridgehead atoms. The lowest BCUT2D eigenvalue weighted by Crippen LogP contribution is -2.48. The number of methoxy groups -OCH3 is 1. The number of nitrogens with zero attached hydrogens (tertiary/aromatic N) is 4. The molecule has 2 aliphatic heterocycles. The smallest absolute Gasteiger partial charge is 0.135 e. The summed E-state index contributed by atoms with van der Waals surface area (Å²) >= 11 is 1.60. The van der Waals surface area contributed by atoms with Crippen molar-refractivity contribution in [2.45, 2.75) is 44.4 Å². The third-order valence-corrected chi connectivity index (χ3v) is 7.48. The Kier molecular flexibility index (Phi) is 8.55. The van der Waals surface area contributed by atoms with Gasteiger partial charge in [0.15, 0.2) is 0 Å². The fourth-order valence-corrected chi connectivity index (χ4v) is 5.44. The van der Waals surface area contributed by atoms with Gasteiger partial charge in [-0.05, 0) is 44.0 Å². The number of pyridine rings is 1. The quantitative estimate of drug-likeness (QED) is 0.380. The third kappa shape index (κ3) is 6.47. The minimum atomic E-state index is -0.299. The van der Waals surface area contributed by atoms with Crippen molar-refractivity contribution >= 4 is 17.6 Å². The van der Waals surface area contributed by atoms with Crippen LogP contribution in [-0.2, 0) is 22.5 Å². The summed E-state index contributed by atoms with van der Waals surface area (Å²) in [5.74, 6) is 2.57. The number of piperazine rings is 1. The molecule has 0 unspecified atom stereocenters. The van der Waals surface area contributed by atoms with Gasteiger partial charge in [-0.25, -0.2) is 4.98 Å². The SMILES string of the molecule is COCCN1CCN(c2nc(SCCOc3cccc(C)c3)c(C#N)c3c2COC(C)(C)C3)CC1. The minimum Gasteiger partial charge on any atom is -0.493 e. The Morgan fingerprint density at radius 3 is 2.69 bits per heavy atom. The van der Waals surface area contributed by atoms with Crippen LogP contribution in [0.1, 0.15) is 36.1 Å². The largest absolute Gasteiger partial charge is 0.493 e. The first-order valence-corrected chi connectivity index (χ1v) is 13.3. The van der Waals surface area contributed by atoms with Crippen molar-refractivity contribution in [1.29, 1.82) is 5.26 Å². The lowest BCUT2D eigenvalue weighted by molar-refractivity contribution is -0.0402. The summed E-state index contributed by atoms with van der Waals surface area (Å²) in [6, 6.07) is 10.5. The van der Waals surface area contributed by atoms with Crippen molar-refractivity contribution in [2.24, 2.45) is 0 Å². The van der Waals surface area contributed by atoms with Gasteiger partial charge in [-0.1, -0.05) is 12.1 Å². The van der Waals surface area contributed by atoms with E-state index >= 15 is 0 Å². The number of hydrogen-bond acceptors (Lipinski definition) is 8. The second kappa shape index (κ2) is 11.6. The Morgan fingerprint density at radius 2 is 1.97 bits per heavy atom. The maximum atomic E-state index is 10.1. The van der Waals surface area contributed by atoms with Crippen LogP contribution in [-0.4, -0.2) is 74.3 Å². The fraction of sp³-hybridized carbons (Fsp3) is 0.556. The van der Waals surface area contributed by atoms with Gasteiger partial charge in [0.2, 0.25) is 0 Å². The van der Waals surface area contributed by atoms with E-state index in [1.807, 2.05) is 18.2 Å². The summed E-state index contributed by atoms with van der Waals surface area (Å²) in [4.78, 5) is 9.85. The standard InChI is InChI=1S/C27H36N4O3S/c1-20-6-5-7-21(16-20)33-14-15-35-26-23(18-28)22-17-27(2,3)34-19-24(22)25(29-26)31-10-8-30(9-11-31)12-13-32-4/h5-7,16H,8-15,17,19H2,1-4H3. The van der Waals surface area contributed by atoms with Crippen molar-refractivity contribution in [3.63, 3.8) is 0 Å². The summed E-state index contributed by atoms with van der Waals surface area (Å²) in [5, 5.41) is 10.9. The molecule has 1 aromatic carbocycles. The van der Waals surface area contributed by atoms with Crippen molar-refractivity contribution in [2.75, 3.05) is 63.7 Å². The molecular formula is C27H36N4O3S. The number of hydrogen-bond donors (Lipinski definition) is 0. The van der Waals surface area contributed by atoms with Gasteiger partial charge in [-0.15, -0.1) is 11.8 Å². The van der Waals surface area contributed by atoms with Gasteiger partial charge in [0.05, 0.1) is 31.0 Å². The lowest BCUT2D eigenvalue weighted by atomic mass is 9.89. The molecule has 0 saturated carbocycles. The van der Waals surface area contributed by atoms with Crippen molar-refractivity contribution < 1.29 is 14.2 Å². The number of fused-ring (bicyclic) bond motifs is 1. The van der Waals surface area contributed by atoms with Crippen LogP contribution in [0.25, 0.3) is 0 Å². The molecule has 0 atom stereocenters. The first-order chi connectivity index (χ1) is 16.9. The van der Waals surface area contributed by atoms with E-state index in [1.165, 1.54) is 5.56 Å². The number of rotatable bonds is 9. The minimum absolute atomic E-state index is 0.299. The van der Waals surface area contributed by atoms with Gasteiger partial charge in [-0.3, -0.25) is 4.90 Å². The maximum absolute atomic E-state index is 10.1. The number of benzene rings is 1. The topological polar surface area (TPSA) is 70.8 Å². The van der Waals surface area contributed by atoms with E-state index in [9.17, 15) is 5.26 Å². The van der Waals surface area contributed by atoms with Gasteiger partial charge in [0.25, 0.3) is 0 Å². The van der Waals surface area contributed by atoms with Crippen LogP contribution in [0.4, 0.5) is 5.82 Å². The van der Waals surface area contributed by atoms with Crippen molar-refractivity contribution in [3.8, 4) is 11.8 Å². The normalized spacial score (nSPS) is 17.6. The van der Waals surface area contributed by atoms with E-state index in [4.69, 9.17) is 19.2 Å². The highest BCUT2D eigenvalue weighted by molar-refractivity contribution is 7.99. The Morgan fingerprint density at radius 1 is 1.17 bits per heavy atom. The average Bonchev–Trinajstić information content (AvgIpc) is 2.84. The predicted octanol–water partition coefficient (Wildman–Crippen LogP) is 4.05. The molecule has 1 aromatic heterocycles.